The maximum Gasteiger partial charge on any atom is 0.267 e. The lowest BCUT2D eigenvalue weighted by atomic mass is 10.2. The lowest BCUT2D eigenvalue weighted by molar-refractivity contribution is 0.0950. The van der Waals surface area contributed by atoms with Crippen LogP contribution in [-0.4, -0.2) is 23.3 Å². The lowest BCUT2D eigenvalue weighted by Crippen LogP contribution is -2.23. The molecule has 1 amide bonds. The van der Waals surface area contributed by atoms with Crippen LogP contribution < -0.4 is 5.32 Å². The van der Waals surface area contributed by atoms with Gasteiger partial charge in [-0.25, -0.2) is 12.4 Å². The first-order valence-corrected chi connectivity index (χ1v) is 9.50. The molecule has 3 aromatic rings. The molecule has 1 aromatic carbocycles. The quantitative estimate of drug-likeness (QED) is 0.750. The van der Waals surface area contributed by atoms with E-state index in [2.05, 4.69) is 10.3 Å². The Morgan fingerprint density at radius 3 is 2.38 bits per heavy atom. The van der Waals surface area contributed by atoms with Crippen molar-refractivity contribution in [2.24, 2.45) is 0 Å². The Kier molecular flexibility index (Phi) is 4.90. The molecule has 0 aliphatic carbocycles. The van der Waals surface area contributed by atoms with Gasteiger partial charge in [-0.15, -0.1) is 0 Å². The summed E-state index contributed by atoms with van der Waals surface area (Å²) >= 11 is 0. The standard InChI is InChI=1S/C19H19N3O3S/c1-14-4-7-18(8-5-14)26(24,25)22-10-9-16(13-22)19(23)21-12-17-6-3-15(2)11-20-17/h3-11,13H,12H2,1-2H3,(H,21,23). The minimum atomic E-state index is -3.72. The minimum Gasteiger partial charge on any atom is -0.346 e. The normalized spacial score (nSPS) is 11.3. The van der Waals surface area contributed by atoms with E-state index >= 15 is 0 Å². The monoisotopic (exact) mass is 369 g/mol. The van der Waals surface area contributed by atoms with Gasteiger partial charge in [0, 0.05) is 18.6 Å². The summed E-state index contributed by atoms with van der Waals surface area (Å²) in [5.74, 6) is -0.356. The van der Waals surface area contributed by atoms with Crippen LogP contribution in [-0.2, 0) is 16.6 Å². The fraction of sp³-hybridized carbons (Fsp3) is 0.158. The molecular weight excluding hydrogens is 350 g/mol. The van der Waals surface area contributed by atoms with E-state index in [0.717, 1.165) is 20.8 Å². The molecule has 2 aromatic heterocycles. The van der Waals surface area contributed by atoms with Crippen molar-refractivity contribution in [3.05, 3.63) is 83.4 Å². The topological polar surface area (TPSA) is 81.1 Å². The average molecular weight is 369 g/mol. The van der Waals surface area contributed by atoms with Gasteiger partial charge in [-0.2, -0.15) is 0 Å². The van der Waals surface area contributed by atoms with Crippen molar-refractivity contribution in [3.8, 4) is 0 Å². The van der Waals surface area contributed by atoms with Gasteiger partial charge in [0.05, 0.1) is 22.7 Å². The van der Waals surface area contributed by atoms with Crippen molar-refractivity contribution < 1.29 is 13.2 Å². The van der Waals surface area contributed by atoms with Crippen LogP contribution in [0.3, 0.4) is 0 Å². The molecule has 0 radical (unpaired) electrons. The summed E-state index contributed by atoms with van der Waals surface area (Å²) in [5.41, 5.74) is 3.02. The van der Waals surface area contributed by atoms with Crippen molar-refractivity contribution >= 4 is 15.9 Å². The number of carbonyl (C=O) groups excluding carboxylic acids is 1. The molecule has 0 saturated heterocycles. The second-order valence-corrected chi connectivity index (χ2v) is 7.90. The summed E-state index contributed by atoms with van der Waals surface area (Å²) in [4.78, 5) is 16.7. The van der Waals surface area contributed by atoms with Gasteiger partial charge in [0.15, 0.2) is 0 Å². The molecule has 3 rings (SSSR count). The second kappa shape index (κ2) is 7.13. The third-order valence-electron chi connectivity index (χ3n) is 3.93. The number of aromatic nitrogens is 2. The number of amides is 1. The Labute approximate surface area is 152 Å². The van der Waals surface area contributed by atoms with Gasteiger partial charge >= 0.3 is 0 Å². The van der Waals surface area contributed by atoms with Crippen molar-refractivity contribution in [2.75, 3.05) is 0 Å². The summed E-state index contributed by atoms with van der Waals surface area (Å²) in [6.45, 7) is 4.10. The van der Waals surface area contributed by atoms with E-state index in [-0.39, 0.29) is 22.9 Å². The molecule has 0 bridgehead atoms. The zero-order valence-electron chi connectivity index (χ0n) is 14.5. The van der Waals surface area contributed by atoms with Crippen molar-refractivity contribution in [2.45, 2.75) is 25.3 Å². The van der Waals surface area contributed by atoms with E-state index in [1.54, 1.807) is 30.5 Å². The first-order valence-electron chi connectivity index (χ1n) is 8.06. The fourth-order valence-corrected chi connectivity index (χ4v) is 3.57. The third-order valence-corrected chi connectivity index (χ3v) is 5.58. The van der Waals surface area contributed by atoms with Crippen LogP contribution in [0.25, 0.3) is 0 Å². The van der Waals surface area contributed by atoms with Crippen molar-refractivity contribution in [1.82, 2.24) is 14.3 Å². The molecule has 0 unspecified atom stereocenters. The maximum atomic E-state index is 12.6. The Morgan fingerprint density at radius 1 is 1.04 bits per heavy atom. The number of hydrogen-bond donors (Lipinski definition) is 1. The van der Waals surface area contributed by atoms with Gasteiger partial charge < -0.3 is 5.32 Å². The second-order valence-electron chi connectivity index (χ2n) is 6.06. The number of hydrogen-bond acceptors (Lipinski definition) is 4. The first kappa shape index (κ1) is 17.9. The number of carbonyl (C=O) groups is 1. The number of nitrogens with zero attached hydrogens (tertiary/aromatic N) is 2. The van der Waals surface area contributed by atoms with E-state index in [9.17, 15) is 13.2 Å². The number of rotatable bonds is 5. The molecule has 0 atom stereocenters. The van der Waals surface area contributed by atoms with Crippen molar-refractivity contribution in [3.63, 3.8) is 0 Å². The predicted octanol–water partition coefficient (Wildman–Crippen LogP) is 2.67. The van der Waals surface area contributed by atoms with Gasteiger partial charge in [-0.05, 0) is 43.7 Å². The molecular formula is C19H19N3O3S. The molecule has 6 nitrogen and oxygen atoms in total. The average Bonchev–Trinajstić information content (AvgIpc) is 3.12. The summed E-state index contributed by atoms with van der Waals surface area (Å²) in [6.07, 6.45) is 4.41. The first-order chi connectivity index (χ1) is 12.4. The SMILES string of the molecule is Cc1ccc(S(=O)(=O)n2ccc(C(=O)NCc3ccc(C)cn3)c2)cc1. The van der Waals surface area contributed by atoms with E-state index in [1.807, 2.05) is 26.0 Å². The minimum absolute atomic E-state index is 0.175. The van der Waals surface area contributed by atoms with Crippen molar-refractivity contribution in [1.29, 1.82) is 0 Å². The predicted molar refractivity (Wildman–Crippen MR) is 98.3 cm³/mol. The van der Waals surface area contributed by atoms with Crippen LogP contribution in [0.2, 0.25) is 0 Å². The largest absolute Gasteiger partial charge is 0.346 e. The van der Waals surface area contributed by atoms with Crippen LogP contribution in [0.4, 0.5) is 0 Å². The molecule has 0 aliphatic heterocycles. The zero-order chi connectivity index (χ0) is 18.7. The van der Waals surface area contributed by atoms with Gasteiger partial charge in [0.2, 0.25) is 0 Å². The zero-order valence-corrected chi connectivity index (χ0v) is 15.3. The number of pyridine rings is 1. The fourth-order valence-electron chi connectivity index (χ4n) is 2.37. The molecule has 2 heterocycles. The molecule has 0 saturated carbocycles. The molecule has 26 heavy (non-hydrogen) atoms. The summed E-state index contributed by atoms with van der Waals surface area (Å²) in [6, 6.07) is 11.8. The molecule has 0 fully saturated rings. The molecule has 7 heteroatoms. The summed E-state index contributed by atoms with van der Waals surface area (Å²) < 4.78 is 26.3. The van der Waals surface area contributed by atoms with E-state index in [0.29, 0.717) is 0 Å². The Morgan fingerprint density at radius 2 is 1.73 bits per heavy atom. The highest BCUT2D eigenvalue weighted by Gasteiger charge is 2.18. The Hall–Kier alpha value is -2.93. The van der Waals surface area contributed by atoms with Gasteiger partial charge in [-0.3, -0.25) is 9.78 Å². The maximum absolute atomic E-state index is 12.6. The third kappa shape index (κ3) is 3.83. The molecule has 1 N–H and O–H groups in total. The van der Waals surface area contributed by atoms with Crippen LogP contribution >= 0.6 is 0 Å². The molecule has 134 valence electrons. The number of nitrogens with one attached hydrogen (secondary N) is 1. The van der Waals surface area contributed by atoms with Gasteiger partial charge in [0.1, 0.15) is 0 Å². The summed E-state index contributed by atoms with van der Waals surface area (Å²) in [5, 5.41) is 2.74. The summed E-state index contributed by atoms with van der Waals surface area (Å²) in [7, 11) is -3.72. The lowest BCUT2D eigenvalue weighted by Gasteiger charge is -2.06. The van der Waals surface area contributed by atoms with E-state index in [4.69, 9.17) is 0 Å². The van der Waals surface area contributed by atoms with Crippen LogP contribution in [0, 0.1) is 13.8 Å². The number of benzene rings is 1. The molecule has 0 aliphatic rings. The van der Waals surface area contributed by atoms with Crippen LogP contribution in [0.1, 0.15) is 27.2 Å². The van der Waals surface area contributed by atoms with E-state index < -0.39 is 10.0 Å². The van der Waals surface area contributed by atoms with Crippen LogP contribution in [0.15, 0.2) is 66.0 Å². The molecule has 0 spiro atoms. The Bertz CT molecular complexity index is 1020. The van der Waals surface area contributed by atoms with Gasteiger partial charge in [0.25, 0.3) is 15.9 Å². The highest BCUT2D eigenvalue weighted by Crippen LogP contribution is 2.16. The van der Waals surface area contributed by atoms with E-state index in [1.165, 1.54) is 18.5 Å². The smallest absolute Gasteiger partial charge is 0.267 e. The highest BCUT2D eigenvalue weighted by atomic mass is 32.2. The van der Waals surface area contributed by atoms with Crippen LogP contribution in [0.5, 0.6) is 0 Å². The van der Waals surface area contributed by atoms with Gasteiger partial charge in [-0.1, -0.05) is 23.8 Å². The Balaban J connectivity index is 1.73. The highest BCUT2D eigenvalue weighted by molar-refractivity contribution is 7.90. The number of aryl methyl sites for hydroxylation is 2.